The molecule has 0 heterocycles. The lowest BCUT2D eigenvalue weighted by atomic mass is 10.8. The zero-order valence-electron chi connectivity index (χ0n) is 5.12. The summed E-state index contributed by atoms with van der Waals surface area (Å²) in [5.74, 6) is 0. The Morgan fingerprint density at radius 2 is 2.11 bits per heavy atom. The first-order chi connectivity index (χ1) is 4.14. The van der Waals surface area contributed by atoms with Gasteiger partial charge >= 0.3 is 0 Å². The van der Waals surface area contributed by atoms with E-state index in [0.717, 1.165) is 23.6 Å². The zero-order chi connectivity index (χ0) is 6.91. The molecule has 1 fully saturated rings. The van der Waals surface area contributed by atoms with Crippen molar-refractivity contribution in [3.63, 3.8) is 0 Å². The van der Waals surface area contributed by atoms with Gasteiger partial charge in [-0.3, -0.25) is 0 Å². The average Bonchev–Trinajstić information content (AvgIpc) is 2.50. The van der Waals surface area contributed by atoms with E-state index in [1.54, 1.807) is 6.26 Å². The molecule has 1 rings (SSSR count). The van der Waals surface area contributed by atoms with Gasteiger partial charge in [-0.25, -0.2) is 13.1 Å². The third-order valence-electron chi connectivity index (χ3n) is 1.11. The van der Waals surface area contributed by atoms with E-state index >= 15 is 0 Å². The molecule has 0 aromatic rings. The van der Waals surface area contributed by atoms with Crippen molar-refractivity contribution in [2.75, 3.05) is 6.26 Å². The molecule has 1 saturated carbocycles. The highest BCUT2D eigenvalue weighted by atomic mass is 33.1. The first-order valence-electron chi connectivity index (χ1n) is 2.72. The number of hydrogen-bond acceptors (Lipinski definition) is 3. The maximum atomic E-state index is 10.7. The van der Waals surface area contributed by atoms with Gasteiger partial charge in [0, 0.05) is 6.04 Å². The molecule has 0 atom stereocenters. The quantitative estimate of drug-likeness (QED) is 0.617. The lowest BCUT2D eigenvalue weighted by Gasteiger charge is -1.97. The van der Waals surface area contributed by atoms with Gasteiger partial charge in [0.2, 0.25) is 0 Å². The molecule has 0 unspecified atom stereocenters. The minimum atomic E-state index is -2.99. The zero-order valence-corrected chi connectivity index (χ0v) is 6.76. The van der Waals surface area contributed by atoms with E-state index in [4.69, 9.17) is 0 Å². The summed E-state index contributed by atoms with van der Waals surface area (Å²) in [4.78, 5) is 0. The second kappa shape index (κ2) is 2.48. The van der Waals surface area contributed by atoms with Gasteiger partial charge in [-0.2, -0.15) is 0 Å². The van der Waals surface area contributed by atoms with Crippen molar-refractivity contribution in [3.05, 3.63) is 0 Å². The summed E-state index contributed by atoms with van der Waals surface area (Å²) in [6, 6.07) is 0.238. The normalized spacial score (nSPS) is 20.1. The molecule has 0 radical (unpaired) electrons. The van der Waals surface area contributed by atoms with Gasteiger partial charge in [0.05, 0.1) is 0 Å². The van der Waals surface area contributed by atoms with Crippen LogP contribution in [0.3, 0.4) is 0 Å². The molecule has 0 aromatic carbocycles. The van der Waals surface area contributed by atoms with Crippen molar-refractivity contribution in [1.82, 2.24) is 4.72 Å². The molecule has 1 N–H and O–H groups in total. The molecule has 0 amide bonds. The van der Waals surface area contributed by atoms with Crippen molar-refractivity contribution < 1.29 is 8.42 Å². The Kier molecular flexibility index (Phi) is 2.03. The van der Waals surface area contributed by atoms with Crippen LogP contribution in [-0.4, -0.2) is 20.7 Å². The van der Waals surface area contributed by atoms with Gasteiger partial charge in [-0.1, -0.05) is 0 Å². The second-order valence-electron chi connectivity index (χ2n) is 2.01. The van der Waals surface area contributed by atoms with Gasteiger partial charge in [-0.05, 0) is 29.9 Å². The molecular formula is C4H9NO2S2. The van der Waals surface area contributed by atoms with E-state index in [1.165, 1.54) is 0 Å². The fourth-order valence-electron chi connectivity index (χ4n) is 0.453. The Labute approximate surface area is 58.7 Å². The third kappa shape index (κ3) is 2.55. The summed E-state index contributed by atoms with van der Waals surface area (Å²) in [5.41, 5.74) is 0. The Morgan fingerprint density at radius 1 is 1.56 bits per heavy atom. The molecule has 0 spiro atoms. The van der Waals surface area contributed by atoms with E-state index in [-0.39, 0.29) is 6.04 Å². The van der Waals surface area contributed by atoms with E-state index in [1.807, 2.05) is 0 Å². The summed E-state index contributed by atoms with van der Waals surface area (Å²) in [6.07, 6.45) is 3.56. The summed E-state index contributed by atoms with van der Waals surface area (Å²) < 4.78 is 23.9. The van der Waals surface area contributed by atoms with Crippen molar-refractivity contribution in [2.45, 2.75) is 18.9 Å². The standard InChI is InChI=1S/C4H9NO2S2/c1-8-9(6,7)5-4-2-3-4/h4-5H,2-3H2,1H3. The van der Waals surface area contributed by atoms with Crippen LogP contribution < -0.4 is 4.72 Å². The predicted molar refractivity (Wildman–Crippen MR) is 38.6 cm³/mol. The largest absolute Gasteiger partial charge is 0.264 e. The van der Waals surface area contributed by atoms with E-state index in [0.29, 0.717) is 0 Å². The van der Waals surface area contributed by atoms with Crippen LogP contribution >= 0.6 is 10.8 Å². The average molecular weight is 167 g/mol. The van der Waals surface area contributed by atoms with Crippen molar-refractivity contribution in [1.29, 1.82) is 0 Å². The van der Waals surface area contributed by atoms with Crippen molar-refractivity contribution >= 4 is 19.8 Å². The summed E-state index contributed by atoms with van der Waals surface area (Å²) in [6.45, 7) is 0. The monoisotopic (exact) mass is 167 g/mol. The first kappa shape index (κ1) is 7.37. The van der Waals surface area contributed by atoms with Crippen molar-refractivity contribution in [2.24, 2.45) is 0 Å². The maximum Gasteiger partial charge on any atom is 0.264 e. The molecule has 0 bridgehead atoms. The van der Waals surface area contributed by atoms with Crippen LogP contribution in [0.5, 0.6) is 0 Å². The van der Waals surface area contributed by atoms with E-state index < -0.39 is 9.06 Å². The lowest BCUT2D eigenvalue weighted by molar-refractivity contribution is 0.597. The maximum absolute atomic E-state index is 10.7. The highest BCUT2D eigenvalue weighted by Crippen LogP contribution is 2.21. The molecular weight excluding hydrogens is 158 g/mol. The molecule has 5 heteroatoms. The van der Waals surface area contributed by atoms with Crippen LogP contribution in [0.1, 0.15) is 12.8 Å². The Bertz CT molecular complexity index is 183. The molecule has 9 heavy (non-hydrogen) atoms. The SMILES string of the molecule is CSS(=O)(=O)NC1CC1. The van der Waals surface area contributed by atoms with Crippen LogP contribution in [0, 0.1) is 0 Å². The number of nitrogens with one attached hydrogen (secondary N) is 1. The number of rotatable bonds is 3. The molecule has 54 valence electrons. The molecule has 0 aliphatic heterocycles. The van der Waals surface area contributed by atoms with Gasteiger partial charge in [0.15, 0.2) is 0 Å². The van der Waals surface area contributed by atoms with Gasteiger partial charge in [0.25, 0.3) is 9.06 Å². The highest BCUT2D eigenvalue weighted by Gasteiger charge is 2.25. The third-order valence-corrected chi connectivity index (χ3v) is 3.77. The second-order valence-corrected chi connectivity index (χ2v) is 5.81. The fraction of sp³-hybridized carbons (Fsp3) is 1.00. The van der Waals surface area contributed by atoms with Crippen molar-refractivity contribution in [3.8, 4) is 0 Å². The van der Waals surface area contributed by atoms with Crippen LogP contribution in [0.2, 0.25) is 0 Å². The van der Waals surface area contributed by atoms with Crippen LogP contribution in [0.15, 0.2) is 0 Å². The molecule has 1 aliphatic rings. The minimum absolute atomic E-state index is 0.238. The number of hydrogen-bond donors (Lipinski definition) is 1. The minimum Gasteiger partial charge on any atom is -0.203 e. The molecule has 0 aromatic heterocycles. The molecule has 3 nitrogen and oxygen atoms in total. The summed E-state index contributed by atoms with van der Waals surface area (Å²) in [7, 11) is -2.13. The van der Waals surface area contributed by atoms with Crippen LogP contribution in [0.4, 0.5) is 0 Å². The first-order valence-corrected chi connectivity index (χ1v) is 5.94. The summed E-state index contributed by atoms with van der Waals surface area (Å²) in [5, 5.41) is 0. The topological polar surface area (TPSA) is 46.2 Å². The van der Waals surface area contributed by atoms with E-state index in [9.17, 15) is 8.42 Å². The smallest absolute Gasteiger partial charge is 0.203 e. The molecule has 0 saturated heterocycles. The highest BCUT2D eigenvalue weighted by molar-refractivity contribution is 8.71. The Balaban J connectivity index is 2.40. The molecule has 1 aliphatic carbocycles. The van der Waals surface area contributed by atoms with E-state index in [2.05, 4.69) is 4.72 Å². The van der Waals surface area contributed by atoms with Crippen LogP contribution in [-0.2, 0) is 9.06 Å². The van der Waals surface area contributed by atoms with Gasteiger partial charge < -0.3 is 0 Å². The Morgan fingerprint density at radius 3 is 2.44 bits per heavy atom. The predicted octanol–water partition coefficient (Wildman–Crippen LogP) is 0.346. The van der Waals surface area contributed by atoms with Crippen LogP contribution in [0.25, 0.3) is 0 Å². The summed E-state index contributed by atoms with van der Waals surface area (Å²) >= 11 is 0. The lowest BCUT2D eigenvalue weighted by Crippen LogP contribution is -2.21. The Hall–Kier alpha value is 0.260. The van der Waals surface area contributed by atoms with Gasteiger partial charge in [-0.15, -0.1) is 0 Å². The fourth-order valence-corrected chi connectivity index (χ4v) is 1.89. The van der Waals surface area contributed by atoms with Gasteiger partial charge in [0.1, 0.15) is 0 Å².